The molecule has 0 atom stereocenters. The topological polar surface area (TPSA) is 71.4 Å². The molecule has 0 amide bonds. The van der Waals surface area contributed by atoms with Crippen LogP contribution in [0.25, 0.3) is 11.0 Å². The van der Waals surface area contributed by atoms with Crippen LogP contribution in [0.5, 0.6) is 0 Å². The van der Waals surface area contributed by atoms with Gasteiger partial charge in [0.1, 0.15) is 17.3 Å². The van der Waals surface area contributed by atoms with Crippen LogP contribution in [0.1, 0.15) is 30.9 Å². The third-order valence-electron chi connectivity index (χ3n) is 4.09. The number of nitrogens with zero attached hydrogens (tertiary/aromatic N) is 4. The summed E-state index contributed by atoms with van der Waals surface area (Å²) in [5, 5.41) is 13.5. The molecule has 1 aliphatic heterocycles. The van der Waals surface area contributed by atoms with Crippen LogP contribution in [0.4, 0.5) is 5.82 Å². The summed E-state index contributed by atoms with van der Waals surface area (Å²) in [6, 6.07) is 3.77. The molecule has 4 rings (SSSR count). The van der Waals surface area contributed by atoms with Gasteiger partial charge in [0, 0.05) is 24.5 Å². The number of aromatic amines is 1. The summed E-state index contributed by atoms with van der Waals surface area (Å²) < 4.78 is 2.23. The number of anilines is 1. The van der Waals surface area contributed by atoms with E-state index in [4.69, 9.17) is 11.6 Å². The van der Waals surface area contributed by atoms with Crippen molar-refractivity contribution in [3.8, 4) is 0 Å². The Hall–Kier alpha value is -2.08. The van der Waals surface area contributed by atoms with Gasteiger partial charge in [0.2, 0.25) is 0 Å². The Morgan fingerprint density at radius 3 is 3.18 bits per heavy atom. The van der Waals surface area contributed by atoms with Crippen molar-refractivity contribution in [3.63, 3.8) is 0 Å². The van der Waals surface area contributed by atoms with Gasteiger partial charge < -0.3 is 14.9 Å². The predicted molar refractivity (Wildman–Crippen MR) is 86.0 cm³/mol. The summed E-state index contributed by atoms with van der Waals surface area (Å²) >= 11 is 6.27. The molecule has 4 heterocycles. The zero-order chi connectivity index (χ0) is 14.9. The SMILES string of the molecule is Clc1cc(NCc2nnc3n2CCCCC3)nc2[nH]ccc12. The van der Waals surface area contributed by atoms with E-state index in [1.165, 1.54) is 19.3 Å². The predicted octanol–water partition coefficient (Wildman–Crippen LogP) is 3.15. The van der Waals surface area contributed by atoms with Gasteiger partial charge in [0.15, 0.2) is 5.82 Å². The maximum absolute atomic E-state index is 6.27. The molecule has 22 heavy (non-hydrogen) atoms. The van der Waals surface area contributed by atoms with Gasteiger partial charge in [-0.25, -0.2) is 4.98 Å². The van der Waals surface area contributed by atoms with Crippen LogP contribution >= 0.6 is 11.6 Å². The van der Waals surface area contributed by atoms with Crippen molar-refractivity contribution in [1.29, 1.82) is 0 Å². The highest BCUT2D eigenvalue weighted by molar-refractivity contribution is 6.35. The van der Waals surface area contributed by atoms with E-state index < -0.39 is 0 Å². The first-order valence-corrected chi connectivity index (χ1v) is 7.97. The first-order chi connectivity index (χ1) is 10.8. The average Bonchev–Trinajstić information content (AvgIpc) is 3.07. The Balaban J connectivity index is 1.55. The number of rotatable bonds is 3. The van der Waals surface area contributed by atoms with E-state index in [9.17, 15) is 0 Å². The Morgan fingerprint density at radius 1 is 1.27 bits per heavy atom. The maximum Gasteiger partial charge on any atom is 0.152 e. The molecule has 0 radical (unpaired) electrons. The van der Waals surface area contributed by atoms with Crippen LogP contribution in [-0.4, -0.2) is 24.7 Å². The molecule has 0 unspecified atom stereocenters. The molecule has 7 heteroatoms. The highest BCUT2D eigenvalue weighted by Crippen LogP contribution is 2.24. The molecular formula is C15H17ClN6. The van der Waals surface area contributed by atoms with Crippen molar-refractivity contribution in [1.82, 2.24) is 24.7 Å². The number of aromatic nitrogens is 5. The molecule has 3 aromatic heterocycles. The minimum Gasteiger partial charge on any atom is -0.363 e. The summed E-state index contributed by atoms with van der Waals surface area (Å²) in [6.45, 7) is 1.60. The van der Waals surface area contributed by atoms with Gasteiger partial charge in [-0.2, -0.15) is 0 Å². The fourth-order valence-electron chi connectivity index (χ4n) is 2.93. The molecular weight excluding hydrogens is 300 g/mol. The lowest BCUT2D eigenvalue weighted by Gasteiger charge is -2.09. The molecule has 3 aromatic rings. The molecule has 0 aromatic carbocycles. The van der Waals surface area contributed by atoms with Crippen molar-refractivity contribution < 1.29 is 0 Å². The highest BCUT2D eigenvalue weighted by atomic mass is 35.5. The minimum atomic E-state index is 0.600. The van der Waals surface area contributed by atoms with Gasteiger partial charge in [-0.3, -0.25) is 0 Å². The fraction of sp³-hybridized carbons (Fsp3) is 0.400. The van der Waals surface area contributed by atoms with Crippen molar-refractivity contribution in [2.24, 2.45) is 0 Å². The third-order valence-corrected chi connectivity index (χ3v) is 4.40. The molecule has 1 aliphatic rings. The third kappa shape index (κ3) is 2.43. The molecule has 0 aliphatic carbocycles. The average molecular weight is 317 g/mol. The lowest BCUT2D eigenvalue weighted by Crippen LogP contribution is -2.11. The largest absolute Gasteiger partial charge is 0.363 e. The van der Waals surface area contributed by atoms with Crippen LogP contribution in [0.2, 0.25) is 5.02 Å². The smallest absolute Gasteiger partial charge is 0.152 e. The quantitative estimate of drug-likeness (QED) is 0.778. The first kappa shape index (κ1) is 13.6. The monoisotopic (exact) mass is 316 g/mol. The van der Waals surface area contributed by atoms with Gasteiger partial charge >= 0.3 is 0 Å². The number of aryl methyl sites for hydroxylation is 1. The summed E-state index contributed by atoms with van der Waals surface area (Å²) in [5.74, 6) is 2.80. The van der Waals surface area contributed by atoms with E-state index >= 15 is 0 Å². The van der Waals surface area contributed by atoms with E-state index in [1.807, 2.05) is 18.3 Å². The Morgan fingerprint density at radius 2 is 2.23 bits per heavy atom. The Kier molecular flexibility index (Phi) is 3.46. The van der Waals surface area contributed by atoms with Crippen LogP contribution in [0.3, 0.4) is 0 Å². The number of pyridine rings is 1. The number of nitrogens with one attached hydrogen (secondary N) is 2. The molecule has 0 bridgehead atoms. The zero-order valence-corrected chi connectivity index (χ0v) is 12.9. The van der Waals surface area contributed by atoms with Gasteiger partial charge in [-0.05, 0) is 25.0 Å². The van der Waals surface area contributed by atoms with Crippen molar-refractivity contribution in [3.05, 3.63) is 35.0 Å². The minimum absolute atomic E-state index is 0.600. The Labute approximate surface area is 132 Å². The normalized spacial score (nSPS) is 14.8. The number of halogens is 1. The fourth-order valence-corrected chi connectivity index (χ4v) is 3.19. The second-order valence-electron chi connectivity index (χ2n) is 5.58. The Bertz CT molecular complexity index is 806. The van der Waals surface area contributed by atoms with E-state index in [0.29, 0.717) is 11.6 Å². The lowest BCUT2D eigenvalue weighted by molar-refractivity contribution is 0.610. The van der Waals surface area contributed by atoms with Crippen molar-refractivity contribution in [2.75, 3.05) is 5.32 Å². The zero-order valence-electron chi connectivity index (χ0n) is 12.1. The van der Waals surface area contributed by atoms with E-state index in [0.717, 1.165) is 41.5 Å². The second kappa shape index (κ2) is 5.61. The van der Waals surface area contributed by atoms with Crippen LogP contribution < -0.4 is 5.32 Å². The number of H-pyrrole nitrogens is 1. The van der Waals surface area contributed by atoms with Gasteiger partial charge in [-0.1, -0.05) is 18.0 Å². The summed E-state index contributed by atoms with van der Waals surface area (Å²) in [4.78, 5) is 7.60. The number of fused-ring (bicyclic) bond motifs is 2. The summed E-state index contributed by atoms with van der Waals surface area (Å²) in [6.07, 6.45) is 6.51. The van der Waals surface area contributed by atoms with E-state index in [2.05, 4.69) is 30.0 Å². The molecule has 114 valence electrons. The van der Waals surface area contributed by atoms with Gasteiger partial charge in [0.05, 0.1) is 11.6 Å². The number of hydrogen-bond donors (Lipinski definition) is 2. The van der Waals surface area contributed by atoms with E-state index in [-0.39, 0.29) is 0 Å². The molecule has 0 saturated heterocycles. The summed E-state index contributed by atoms with van der Waals surface area (Å²) in [7, 11) is 0. The molecule has 0 spiro atoms. The van der Waals surface area contributed by atoms with Crippen LogP contribution in [0.15, 0.2) is 18.3 Å². The first-order valence-electron chi connectivity index (χ1n) is 7.60. The second-order valence-corrected chi connectivity index (χ2v) is 5.98. The van der Waals surface area contributed by atoms with Crippen molar-refractivity contribution in [2.45, 2.75) is 38.8 Å². The molecule has 2 N–H and O–H groups in total. The van der Waals surface area contributed by atoms with Gasteiger partial charge in [-0.15, -0.1) is 10.2 Å². The molecule has 6 nitrogen and oxygen atoms in total. The van der Waals surface area contributed by atoms with Crippen LogP contribution in [-0.2, 0) is 19.5 Å². The summed E-state index contributed by atoms with van der Waals surface area (Å²) in [5.41, 5.74) is 0.787. The van der Waals surface area contributed by atoms with Crippen LogP contribution in [0, 0.1) is 0 Å². The van der Waals surface area contributed by atoms with Crippen molar-refractivity contribution >= 4 is 28.5 Å². The lowest BCUT2D eigenvalue weighted by atomic mass is 10.2. The van der Waals surface area contributed by atoms with Gasteiger partial charge in [0.25, 0.3) is 0 Å². The maximum atomic E-state index is 6.27. The standard InChI is InChI=1S/C15H17ClN6/c16-11-8-12(19-15-10(11)5-6-17-15)18-9-14-21-20-13-4-2-1-3-7-22(13)14/h5-6,8H,1-4,7,9H2,(H2,17,18,19). The van der Waals surface area contributed by atoms with E-state index in [1.54, 1.807) is 0 Å². The number of hydrogen-bond acceptors (Lipinski definition) is 4. The molecule has 0 fully saturated rings. The highest BCUT2D eigenvalue weighted by Gasteiger charge is 2.14. The molecule has 0 saturated carbocycles.